The Labute approximate surface area is 129 Å². The van der Waals surface area contributed by atoms with Crippen LogP contribution >= 0.6 is 11.6 Å². The van der Waals surface area contributed by atoms with Gasteiger partial charge in [-0.3, -0.25) is 14.3 Å². The Hall–Kier alpha value is -1.53. The van der Waals surface area contributed by atoms with Gasteiger partial charge in [0.05, 0.1) is 11.7 Å². The molecule has 0 atom stereocenters. The average Bonchev–Trinajstić information content (AvgIpc) is 2.99. The van der Waals surface area contributed by atoms with E-state index in [2.05, 4.69) is 15.1 Å². The summed E-state index contributed by atoms with van der Waals surface area (Å²) in [6.45, 7) is 4.96. The first-order chi connectivity index (χ1) is 10.0. The zero-order valence-corrected chi connectivity index (χ0v) is 13.2. The number of piperidine rings is 1. The zero-order chi connectivity index (χ0) is 15.0. The molecule has 2 aromatic rings. The smallest absolute Gasteiger partial charge is 0.145 e. The van der Waals surface area contributed by atoms with Gasteiger partial charge in [0, 0.05) is 38.4 Å². The number of nitrogens with two attached hydrogens (primary N) is 1. The first-order valence-electron chi connectivity index (χ1n) is 7.25. The van der Waals surface area contributed by atoms with Crippen LogP contribution in [0.2, 0.25) is 5.15 Å². The molecule has 0 bridgehead atoms. The number of hydrogen-bond donors (Lipinski definition) is 1. The van der Waals surface area contributed by atoms with Gasteiger partial charge >= 0.3 is 0 Å². The summed E-state index contributed by atoms with van der Waals surface area (Å²) in [4.78, 5) is 2.43. The van der Waals surface area contributed by atoms with E-state index in [0.29, 0.717) is 11.9 Å². The molecule has 0 aromatic carbocycles. The van der Waals surface area contributed by atoms with E-state index in [0.717, 1.165) is 48.9 Å². The molecule has 3 heterocycles. The van der Waals surface area contributed by atoms with Crippen LogP contribution in [0.15, 0.2) is 12.3 Å². The fourth-order valence-electron chi connectivity index (χ4n) is 2.98. The van der Waals surface area contributed by atoms with Gasteiger partial charge in [0.25, 0.3) is 0 Å². The van der Waals surface area contributed by atoms with E-state index in [1.807, 2.05) is 30.9 Å². The molecule has 1 aliphatic rings. The lowest BCUT2D eigenvalue weighted by atomic mass is 10.0. The summed E-state index contributed by atoms with van der Waals surface area (Å²) < 4.78 is 3.74. The fourth-order valence-corrected chi connectivity index (χ4v) is 3.21. The molecular formula is C14H21ClN6. The van der Waals surface area contributed by atoms with E-state index in [1.165, 1.54) is 0 Å². The Morgan fingerprint density at radius 2 is 2.05 bits per heavy atom. The third kappa shape index (κ3) is 2.91. The summed E-state index contributed by atoms with van der Waals surface area (Å²) in [6, 6.07) is 2.30. The maximum atomic E-state index is 6.31. The second kappa shape index (κ2) is 5.69. The number of aryl methyl sites for hydroxylation is 2. The standard InChI is InChI=1S/C14H21ClN6/c1-10-12(14(15)19(2)17-10)9-20-6-3-11(4-7-20)21-8-5-13(16)18-21/h5,8,11H,3-4,6-7,9H2,1-2H3,(H2,16,18). The number of hydrogen-bond acceptors (Lipinski definition) is 4. The summed E-state index contributed by atoms with van der Waals surface area (Å²) in [5.74, 6) is 0.593. The summed E-state index contributed by atoms with van der Waals surface area (Å²) in [7, 11) is 1.88. The van der Waals surface area contributed by atoms with Crippen LogP contribution in [0.5, 0.6) is 0 Å². The Morgan fingerprint density at radius 3 is 2.57 bits per heavy atom. The average molecular weight is 309 g/mol. The topological polar surface area (TPSA) is 64.9 Å². The van der Waals surface area contributed by atoms with Gasteiger partial charge in [-0.15, -0.1) is 0 Å². The quantitative estimate of drug-likeness (QED) is 0.942. The van der Waals surface area contributed by atoms with E-state index < -0.39 is 0 Å². The van der Waals surface area contributed by atoms with Gasteiger partial charge in [0.15, 0.2) is 0 Å². The highest BCUT2D eigenvalue weighted by molar-refractivity contribution is 6.30. The van der Waals surface area contributed by atoms with Crippen LogP contribution in [0.1, 0.15) is 30.1 Å². The predicted octanol–water partition coefficient (Wildman–Crippen LogP) is 2.00. The van der Waals surface area contributed by atoms with Crippen LogP contribution < -0.4 is 5.73 Å². The third-order valence-electron chi connectivity index (χ3n) is 4.21. The molecule has 1 aliphatic heterocycles. The second-order valence-electron chi connectivity index (χ2n) is 5.71. The van der Waals surface area contributed by atoms with E-state index >= 15 is 0 Å². The lowest BCUT2D eigenvalue weighted by Gasteiger charge is -2.32. The Balaban J connectivity index is 1.61. The number of nitrogens with zero attached hydrogens (tertiary/aromatic N) is 5. The van der Waals surface area contributed by atoms with Gasteiger partial charge in [-0.25, -0.2) is 0 Å². The summed E-state index contributed by atoms with van der Waals surface area (Å²) in [6.07, 6.45) is 4.13. The number of likely N-dealkylation sites (tertiary alicyclic amines) is 1. The van der Waals surface area contributed by atoms with Gasteiger partial charge in [-0.1, -0.05) is 11.6 Å². The van der Waals surface area contributed by atoms with Crippen LogP contribution in [0.3, 0.4) is 0 Å². The zero-order valence-electron chi connectivity index (χ0n) is 12.5. The van der Waals surface area contributed by atoms with Crippen molar-refractivity contribution in [3.8, 4) is 0 Å². The van der Waals surface area contributed by atoms with Crippen molar-refractivity contribution in [1.29, 1.82) is 0 Å². The lowest BCUT2D eigenvalue weighted by Crippen LogP contribution is -2.34. The molecule has 6 nitrogen and oxygen atoms in total. The van der Waals surface area contributed by atoms with E-state index in [9.17, 15) is 0 Å². The van der Waals surface area contributed by atoms with Gasteiger partial charge in [-0.05, 0) is 25.8 Å². The highest BCUT2D eigenvalue weighted by Crippen LogP contribution is 2.26. The molecule has 1 saturated heterocycles. The Kier molecular flexibility index (Phi) is 3.91. The number of halogens is 1. The van der Waals surface area contributed by atoms with Crippen molar-refractivity contribution < 1.29 is 0 Å². The van der Waals surface area contributed by atoms with Crippen molar-refractivity contribution in [2.75, 3.05) is 18.8 Å². The van der Waals surface area contributed by atoms with E-state index in [-0.39, 0.29) is 0 Å². The molecule has 0 aliphatic carbocycles. The first kappa shape index (κ1) is 14.4. The largest absolute Gasteiger partial charge is 0.382 e. The molecule has 7 heteroatoms. The molecule has 21 heavy (non-hydrogen) atoms. The highest BCUT2D eigenvalue weighted by Gasteiger charge is 2.23. The molecule has 0 saturated carbocycles. The van der Waals surface area contributed by atoms with Gasteiger partial charge < -0.3 is 5.73 Å². The lowest BCUT2D eigenvalue weighted by molar-refractivity contribution is 0.173. The molecule has 2 aromatic heterocycles. The molecular weight excluding hydrogens is 288 g/mol. The predicted molar refractivity (Wildman–Crippen MR) is 83.1 cm³/mol. The summed E-state index contributed by atoms with van der Waals surface area (Å²) in [5, 5.41) is 9.43. The third-order valence-corrected chi connectivity index (χ3v) is 4.68. The molecule has 2 N–H and O–H groups in total. The molecule has 3 rings (SSSR count). The fraction of sp³-hybridized carbons (Fsp3) is 0.571. The van der Waals surface area contributed by atoms with E-state index in [1.54, 1.807) is 4.68 Å². The SMILES string of the molecule is Cc1nn(C)c(Cl)c1CN1CCC(n2ccc(N)n2)CC1. The van der Waals surface area contributed by atoms with Gasteiger partial charge in [-0.2, -0.15) is 10.2 Å². The molecule has 114 valence electrons. The minimum atomic E-state index is 0.448. The Morgan fingerprint density at radius 1 is 1.33 bits per heavy atom. The normalized spacial score (nSPS) is 17.5. The minimum Gasteiger partial charge on any atom is -0.382 e. The second-order valence-corrected chi connectivity index (χ2v) is 6.06. The molecule has 0 unspecified atom stereocenters. The van der Waals surface area contributed by atoms with Crippen molar-refractivity contribution in [3.63, 3.8) is 0 Å². The molecule has 0 spiro atoms. The number of rotatable bonds is 3. The van der Waals surface area contributed by atoms with E-state index in [4.69, 9.17) is 17.3 Å². The summed E-state index contributed by atoms with van der Waals surface area (Å²) in [5.41, 5.74) is 7.84. The molecule has 0 amide bonds. The monoisotopic (exact) mass is 308 g/mol. The molecule has 1 fully saturated rings. The number of aromatic nitrogens is 4. The maximum absolute atomic E-state index is 6.31. The van der Waals surface area contributed by atoms with Gasteiger partial charge in [0.2, 0.25) is 0 Å². The van der Waals surface area contributed by atoms with Crippen LogP contribution in [-0.2, 0) is 13.6 Å². The van der Waals surface area contributed by atoms with Crippen LogP contribution in [0, 0.1) is 6.92 Å². The number of nitrogen functional groups attached to an aromatic ring is 1. The maximum Gasteiger partial charge on any atom is 0.145 e. The van der Waals surface area contributed by atoms with Crippen molar-refractivity contribution in [2.45, 2.75) is 32.4 Å². The van der Waals surface area contributed by atoms with Gasteiger partial charge in [0.1, 0.15) is 11.0 Å². The highest BCUT2D eigenvalue weighted by atomic mass is 35.5. The first-order valence-corrected chi connectivity index (χ1v) is 7.63. The van der Waals surface area contributed by atoms with Crippen molar-refractivity contribution >= 4 is 17.4 Å². The van der Waals surface area contributed by atoms with Crippen LogP contribution in [-0.4, -0.2) is 37.6 Å². The Bertz CT molecular complexity index is 623. The summed E-state index contributed by atoms with van der Waals surface area (Å²) >= 11 is 6.31. The van der Waals surface area contributed by atoms with Crippen LogP contribution in [0.4, 0.5) is 5.82 Å². The number of anilines is 1. The van der Waals surface area contributed by atoms with Crippen molar-refractivity contribution in [3.05, 3.63) is 28.7 Å². The molecule has 0 radical (unpaired) electrons. The minimum absolute atomic E-state index is 0.448. The van der Waals surface area contributed by atoms with Crippen molar-refractivity contribution in [2.24, 2.45) is 7.05 Å². The van der Waals surface area contributed by atoms with Crippen molar-refractivity contribution in [1.82, 2.24) is 24.5 Å². The van der Waals surface area contributed by atoms with Crippen LogP contribution in [0.25, 0.3) is 0 Å².